The van der Waals surface area contributed by atoms with Gasteiger partial charge in [-0.25, -0.2) is 0 Å². The molecule has 2 N–H and O–H groups in total. The van der Waals surface area contributed by atoms with Gasteiger partial charge in [-0.3, -0.25) is 0 Å². The zero-order valence-corrected chi connectivity index (χ0v) is 13.9. The van der Waals surface area contributed by atoms with Crippen LogP contribution in [0.4, 0.5) is 0 Å². The number of hydrogen-bond donors (Lipinski definition) is 1. The molecule has 23 heavy (non-hydrogen) atoms. The monoisotopic (exact) mass is 323 g/mol. The van der Waals surface area contributed by atoms with E-state index in [4.69, 9.17) is 5.73 Å². The normalized spacial score (nSPS) is 10.8. The van der Waals surface area contributed by atoms with Crippen LogP contribution < -0.4 is 5.73 Å². The lowest BCUT2D eigenvalue weighted by Crippen LogP contribution is -2.32. The molecule has 0 amide bonds. The lowest BCUT2D eigenvalue weighted by Gasteiger charge is -2.36. The first-order valence-electron chi connectivity index (χ1n) is 7.74. The summed E-state index contributed by atoms with van der Waals surface area (Å²) in [5.74, 6) is 0. The molecule has 0 saturated heterocycles. The maximum absolute atomic E-state index is 6.03. The highest BCUT2D eigenvalue weighted by atomic mass is 35.5. The van der Waals surface area contributed by atoms with Crippen LogP contribution >= 0.6 is 12.4 Å². The third-order valence-corrected chi connectivity index (χ3v) is 4.32. The summed E-state index contributed by atoms with van der Waals surface area (Å²) >= 11 is 0. The Morgan fingerprint density at radius 2 is 0.870 bits per heavy atom. The molecule has 0 aliphatic carbocycles. The second kappa shape index (κ2) is 7.96. The molecule has 0 aliphatic rings. The molecular weight excluding hydrogens is 302 g/mol. The van der Waals surface area contributed by atoms with Crippen LogP contribution in [0.5, 0.6) is 0 Å². The molecule has 3 aromatic rings. The zero-order chi connectivity index (χ0) is 15.3. The van der Waals surface area contributed by atoms with Crippen LogP contribution in [0.25, 0.3) is 0 Å². The van der Waals surface area contributed by atoms with E-state index < -0.39 is 0 Å². The van der Waals surface area contributed by atoms with E-state index in [1.807, 2.05) is 0 Å². The van der Waals surface area contributed by atoms with Gasteiger partial charge in [-0.15, -0.1) is 12.4 Å². The van der Waals surface area contributed by atoms with Crippen molar-refractivity contribution in [2.45, 2.75) is 11.8 Å². The van der Waals surface area contributed by atoms with Crippen LogP contribution in [0.3, 0.4) is 0 Å². The summed E-state index contributed by atoms with van der Waals surface area (Å²) in [5, 5.41) is 0. The lowest BCUT2D eigenvalue weighted by atomic mass is 9.67. The zero-order valence-electron chi connectivity index (χ0n) is 13.1. The number of halogens is 1. The highest BCUT2D eigenvalue weighted by Crippen LogP contribution is 2.41. The van der Waals surface area contributed by atoms with Gasteiger partial charge < -0.3 is 5.73 Å². The summed E-state index contributed by atoms with van der Waals surface area (Å²) in [7, 11) is 0. The summed E-state index contributed by atoms with van der Waals surface area (Å²) in [6, 6.07) is 32.0. The molecule has 0 unspecified atom stereocenters. The Kier molecular flexibility index (Phi) is 5.97. The van der Waals surface area contributed by atoms with E-state index >= 15 is 0 Å². The molecule has 2 heteroatoms. The van der Waals surface area contributed by atoms with Gasteiger partial charge in [-0.1, -0.05) is 91.0 Å². The van der Waals surface area contributed by atoms with Crippen molar-refractivity contribution in [2.24, 2.45) is 5.73 Å². The van der Waals surface area contributed by atoms with E-state index in [2.05, 4.69) is 91.0 Å². The minimum absolute atomic E-state index is 0. The third-order valence-electron chi connectivity index (χ3n) is 4.32. The van der Waals surface area contributed by atoms with Crippen LogP contribution in [0.15, 0.2) is 91.0 Å². The minimum atomic E-state index is -0.196. The molecule has 0 fully saturated rings. The quantitative estimate of drug-likeness (QED) is 0.671. The number of nitrogens with two attached hydrogens (primary N) is 1. The molecule has 0 radical (unpaired) electrons. The molecule has 0 saturated carbocycles. The van der Waals surface area contributed by atoms with Crippen molar-refractivity contribution >= 4 is 12.4 Å². The second-order valence-corrected chi connectivity index (χ2v) is 5.54. The van der Waals surface area contributed by atoms with Gasteiger partial charge in [0, 0.05) is 5.41 Å². The molecule has 0 aliphatic heterocycles. The maximum Gasteiger partial charge on any atom is 0.0463 e. The summed E-state index contributed by atoms with van der Waals surface area (Å²) in [4.78, 5) is 0. The smallest absolute Gasteiger partial charge is 0.0463 e. The Morgan fingerprint density at radius 1 is 0.565 bits per heavy atom. The summed E-state index contributed by atoms with van der Waals surface area (Å²) < 4.78 is 0. The molecule has 0 spiro atoms. The van der Waals surface area contributed by atoms with E-state index in [0.717, 1.165) is 6.42 Å². The van der Waals surface area contributed by atoms with Gasteiger partial charge >= 0.3 is 0 Å². The fraction of sp³-hybridized carbons (Fsp3) is 0.143. The topological polar surface area (TPSA) is 26.0 Å². The first-order valence-corrected chi connectivity index (χ1v) is 7.74. The average molecular weight is 324 g/mol. The third kappa shape index (κ3) is 3.31. The number of hydrogen-bond acceptors (Lipinski definition) is 1. The summed E-state index contributed by atoms with van der Waals surface area (Å²) in [5.41, 5.74) is 9.70. The van der Waals surface area contributed by atoms with Crippen molar-refractivity contribution in [3.05, 3.63) is 108 Å². The molecule has 3 rings (SSSR count). The Labute approximate surface area is 144 Å². The second-order valence-electron chi connectivity index (χ2n) is 5.54. The van der Waals surface area contributed by atoms with Gasteiger partial charge in [0.2, 0.25) is 0 Å². The van der Waals surface area contributed by atoms with Crippen LogP contribution in [-0.2, 0) is 5.41 Å². The van der Waals surface area contributed by atoms with Gasteiger partial charge in [0.05, 0.1) is 0 Å². The van der Waals surface area contributed by atoms with Crippen LogP contribution in [0.2, 0.25) is 0 Å². The van der Waals surface area contributed by atoms with E-state index in [1.165, 1.54) is 16.7 Å². The standard InChI is InChI=1S/C21H21N.ClH/c22-17-16-21(18-10-4-1-5-11-18,19-12-6-2-7-13-19)20-14-8-3-9-15-20;/h1-15H,16-17,22H2;1H. The van der Waals surface area contributed by atoms with E-state index in [0.29, 0.717) is 6.54 Å². The first-order chi connectivity index (χ1) is 10.9. The van der Waals surface area contributed by atoms with Gasteiger partial charge in [0.25, 0.3) is 0 Å². The van der Waals surface area contributed by atoms with Crippen molar-refractivity contribution in [1.29, 1.82) is 0 Å². The molecule has 0 atom stereocenters. The predicted octanol–water partition coefficient (Wildman–Crippen LogP) is 4.79. The molecule has 0 aromatic heterocycles. The number of benzene rings is 3. The van der Waals surface area contributed by atoms with E-state index in [1.54, 1.807) is 0 Å². The predicted molar refractivity (Wildman–Crippen MR) is 100 cm³/mol. The van der Waals surface area contributed by atoms with Gasteiger partial charge in [0.15, 0.2) is 0 Å². The Hall–Kier alpha value is -2.09. The van der Waals surface area contributed by atoms with Crippen LogP contribution in [-0.4, -0.2) is 6.54 Å². The summed E-state index contributed by atoms with van der Waals surface area (Å²) in [6.45, 7) is 0.638. The van der Waals surface area contributed by atoms with Gasteiger partial charge in [0.1, 0.15) is 0 Å². The summed E-state index contributed by atoms with van der Waals surface area (Å²) in [6.07, 6.45) is 0.880. The minimum Gasteiger partial charge on any atom is -0.330 e. The highest BCUT2D eigenvalue weighted by molar-refractivity contribution is 5.85. The van der Waals surface area contributed by atoms with Gasteiger partial charge in [-0.2, -0.15) is 0 Å². The largest absolute Gasteiger partial charge is 0.330 e. The highest BCUT2D eigenvalue weighted by Gasteiger charge is 2.35. The van der Waals surface area contributed by atoms with Crippen molar-refractivity contribution in [3.63, 3.8) is 0 Å². The lowest BCUT2D eigenvalue weighted by molar-refractivity contribution is 0.568. The average Bonchev–Trinajstić information content (AvgIpc) is 2.62. The van der Waals surface area contributed by atoms with Crippen LogP contribution in [0.1, 0.15) is 23.1 Å². The van der Waals surface area contributed by atoms with E-state index in [9.17, 15) is 0 Å². The molecule has 0 heterocycles. The molecular formula is C21H22ClN. The van der Waals surface area contributed by atoms with Gasteiger partial charge in [-0.05, 0) is 29.7 Å². The molecule has 3 aromatic carbocycles. The maximum atomic E-state index is 6.03. The Morgan fingerprint density at radius 3 is 1.13 bits per heavy atom. The molecule has 1 nitrogen and oxygen atoms in total. The first kappa shape index (κ1) is 17.3. The SMILES string of the molecule is Cl.NCCC(c1ccccc1)(c1ccccc1)c1ccccc1. The fourth-order valence-electron chi connectivity index (χ4n) is 3.32. The molecule has 118 valence electrons. The Balaban J connectivity index is 0.00000192. The van der Waals surface area contributed by atoms with Crippen molar-refractivity contribution in [1.82, 2.24) is 0 Å². The van der Waals surface area contributed by atoms with Crippen molar-refractivity contribution < 1.29 is 0 Å². The van der Waals surface area contributed by atoms with Crippen molar-refractivity contribution in [2.75, 3.05) is 6.54 Å². The van der Waals surface area contributed by atoms with E-state index in [-0.39, 0.29) is 17.8 Å². The fourth-order valence-corrected chi connectivity index (χ4v) is 3.32. The van der Waals surface area contributed by atoms with Crippen molar-refractivity contribution in [3.8, 4) is 0 Å². The Bertz CT molecular complexity index is 599. The molecule has 0 bridgehead atoms. The number of rotatable bonds is 5. The van der Waals surface area contributed by atoms with Crippen LogP contribution in [0, 0.1) is 0 Å².